The van der Waals surface area contributed by atoms with E-state index in [1.54, 1.807) is 0 Å². The van der Waals surface area contributed by atoms with Crippen molar-refractivity contribution in [3.05, 3.63) is 51.6 Å². The maximum Gasteiger partial charge on any atom is 0.278 e. The number of hydrogen-bond acceptors (Lipinski definition) is 5. The van der Waals surface area contributed by atoms with E-state index in [0.717, 1.165) is 11.1 Å². The molecule has 1 aromatic heterocycles. The Morgan fingerprint density at radius 1 is 1.29 bits per heavy atom. The Hall–Kier alpha value is -2.63. The van der Waals surface area contributed by atoms with Crippen LogP contribution in [0.3, 0.4) is 0 Å². The molecule has 110 valence electrons. The van der Waals surface area contributed by atoms with Crippen molar-refractivity contribution in [2.45, 2.75) is 20.8 Å². The Balaban J connectivity index is 2.36. The molecule has 0 fully saturated rings. The van der Waals surface area contributed by atoms with Crippen LogP contribution in [-0.4, -0.2) is 16.5 Å². The Kier molecular flexibility index (Phi) is 4.37. The molecular weight excluding hydrogens is 270 g/mol. The number of aryl methyl sites for hydroxylation is 2. The molecule has 0 bridgehead atoms. The maximum absolute atomic E-state index is 11.0. The van der Waals surface area contributed by atoms with E-state index in [2.05, 4.69) is 10.3 Å². The third-order valence-electron chi connectivity index (χ3n) is 2.90. The second-order valence-corrected chi connectivity index (χ2v) is 4.71. The summed E-state index contributed by atoms with van der Waals surface area (Å²) in [6.45, 7) is 6.43. The van der Waals surface area contributed by atoms with Crippen LogP contribution in [0.25, 0.3) is 0 Å². The third-order valence-corrected chi connectivity index (χ3v) is 2.90. The topological polar surface area (TPSA) is 77.3 Å². The van der Waals surface area contributed by atoms with E-state index >= 15 is 0 Å². The molecule has 6 nitrogen and oxygen atoms in total. The largest absolute Gasteiger partial charge is 0.438 e. The molecule has 0 saturated heterocycles. The minimum absolute atomic E-state index is 0.0549. The number of nitrogens with zero attached hydrogens (tertiary/aromatic N) is 2. The van der Waals surface area contributed by atoms with Gasteiger partial charge in [0.15, 0.2) is 0 Å². The summed E-state index contributed by atoms with van der Waals surface area (Å²) in [7, 11) is 0. The van der Waals surface area contributed by atoms with Crippen molar-refractivity contribution in [1.29, 1.82) is 0 Å². The normalized spacial score (nSPS) is 10.2. The molecule has 0 saturated carbocycles. The zero-order valence-electron chi connectivity index (χ0n) is 12.2. The standard InChI is InChI=1S/C15H17N3O3/c1-4-16-14-8-12(18(19)20)9-15(17-14)21-13-6-5-10(2)7-11(13)3/h5-9H,4H2,1-3H3,(H,16,17). The van der Waals surface area contributed by atoms with Gasteiger partial charge in [-0.1, -0.05) is 17.7 Å². The third kappa shape index (κ3) is 3.68. The van der Waals surface area contributed by atoms with E-state index in [9.17, 15) is 10.1 Å². The molecular formula is C15H17N3O3. The van der Waals surface area contributed by atoms with Gasteiger partial charge in [-0.25, -0.2) is 0 Å². The average Bonchev–Trinajstić information content (AvgIpc) is 2.42. The lowest BCUT2D eigenvalue weighted by Crippen LogP contribution is -2.02. The zero-order chi connectivity index (χ0) is 15.4. The predicted octanol–water partition coefficient (Wildman–Crippen LogP) is 3.83. The first-order valence-electron chi connectivity index (χ1n) is 6.65. The molecule has 6 heteroatoms. The summed E-state index contributed by atoms with van der Waals surface area (Å²) in [5.74, 6) is 1.26. The predicted molar refractivity (Wildman–Crippen MR) is 81.0 cm³/mol. The fraction of sp³-hybridized carbons (Fsp3) is 0.267. The second-order valence-electron chi connectivity index (χ2n) is 4.71. The molecule has 2 rings (SSSR count). The van der Waals surface area contributed by atoms with Crippen molar-refractivity contribution >= 4 is 11.5 Å². The van der Waals surface area contributed by atoms with Crippen LogP contribution in [0.1, 0.15) is 18.1 Å². The minimum Gasteiger partial charge on any atom is -0.438 e. The molecule has 0 aliphatic rings. The minimum atomic E-state index is -0.461. The monoisotopic (exact) mass is 287 g/mol. The fourth-order valence-corrected chi connectivity index (χ4v) is 1.95. The van der Waals surface area contributed by atoms with Crippen LogP contribution in [-0.2, 0) is 0 Å². The van der Waals surface area contributed by atoms with E-state index in [1.807, 2.05) is 39.0 Å². The molecule has 1 heterocycles. The molecule has 1 N–H and O–H groups in total. The van der Waals surface area contributed by atoms with Crippen LogP contribution in [0.15, 0.2) is 30.3 Å². The van der Waals surface area contributed by atoms with Gasteiger partial charge in [0.25, 0.3) is 5.69 Å². The van der Waals surface area contributed by atoms with Crippen molar-refractivity contribution < 1.29 is 9.66 Å². The van der Waals surface area contributed by atoms with Gasteiger partial charge < -0.3 is 10.1 Å². The van der Waals surface area contributed by atoms with Gasteiger partial charge >= 0.3 is 0 Å². The molecule has 2 aromatic rings. The quantitative estimate of drug-likeness (QED) is 0.668. The number of aromatic nitrogens is 1. The zero-order valence-corrected chi connectivity index (χ0v) is 12.2. The summed E-state index contributed by atoms with van der Waals surface area (Å²) in [6.07, 6.45) is 0. The van der Waals surface area contributed by atoms with Crippen molar-refractivity contribution in [3.8, 4) is 11.6 Å². The van der Waals surface area contributed by atoms with Crippen LogP contribution in [0.4, 0.5) is 11.5 Å². The lowest BCUT2D eigenvalue weighted by Gasteiger charge is -2.10. The maximum atomic E-state index is 11.0. The van der Waals surface area contributed by atoms with Crippen LogP contribution in [0.2, 0.25) is 0 Å². The average molecular weight is 287 g/mol. The van der Waals surface area contributed by atoms with Gasteiger partial charge in [-0.2, -0.15) is 4.98 Å². The summed E-state index contributed by atoms with van der Waals surface area (Å²) < 4.78 is 5.69. The van der Waals surface area contributed by atoms with Crippen molar-refractivity contribution in [2.75, 3.05) is 11.9 Å². The SMILES string of the molecule is CCNc1cc([N+](=O)[O-])cc(Oc2ccc(C)cc2C)n1. The number of nitrogens with one attached hydrogen (secondary N) is 1. The summed E-state index contributed by atoms with van der Waals surface area (Å²) in [5, 5.41) is 13.9. The summed E-state index contributed by atoms with van der Waals surface area (Å²) >= 11 is 0. The van der Waals surface area contributed by atoms with Crippen LogP contribution in [0, 0.1) is 24.0 Å². The van der Waals surface area contributed by atoms with Crippen LogP contribution >= 0.6 is 0 Å². The number of rotatable bonds is 5. The van der Waals surface area contributed by atoms with E-state index in [1.165, 1.54) is 12.1 Å². The van der Waals surface area contributed by atoms with E-state index in [-0.39, 0.29) is 11.6 Å². The molecule has 0 unspecified atom stereocenters. The first kappa shape index (κ1) is 14.8. The number of nitro groups is 1. The van der Waals surface area contributed by atoms with E-state index < -0.39 is 4.92 Å². The molecule has 1 aromatic carbocycles. The van der Waals surface area contributed by atoms with Crippen molar-refractivity contribution in [2.24, 2.45) is 0 Å². The molecule has 21 heavy (non-hydrogen) atoms. The van der Waals surface area contributed by atoms with E-state index in [0.29, 0.717) is 18.1 Å². The number of anilines is 1. The molecule has 0 amide bonds. The Morgan fingerprint density at radius 3 is 2.67 bits per heavy atom. The highest BCUT2D eigenvalue weighted by molar-refractivity contribution is 5.49. The number of hydrogen-bond donors (Lipinski definition) is 1. The van der Waals surface area contributed by atoms with Crippen LogP contribution < -0.4 is 10.1 Å². The molecule has 0 spiro atoms. The van der Waals surface area contributed by atoms with Gasteiger partial charge in [-0.15, -0.1) is 0 Å². The molecule has 0 radical (unpaired) electrons. The van der Waals surface area contributed by atoms with Gasteiger partial charge in [0.2, 0.25) is 5.88 Å². The highest BCUT2D eigenvalue weighted by Crippen LogP contribution is 2.28. The highest BCUT2D eigenvalue weighted by atomic mass is 16.6. The molecule has 0 aliphatic heterocycles. The lowest BCUT2D eigenvalue weighted by molar-refractivity contribution is -0.384. The number of benzene rings is 1. The van der Waals surface area contributed by atoms with Gasteiger partial charge in [-0.3, -0.25) is 10.1 Å². The number of ether oxygens (including phenoxy) is 1. The summed E-state index contributed by atoms with van der Waals surface area (Å²) in [5.41, 5.74) is 2.02. The van der Waals surface area contributed by atoms with Gasteiger partial charge in [0.1, 0.15) is 11.6 Å². The summed E-state index contributed by atoms with van der Waals surface area (Å²) in [4.78, 5) is 14.7. The first-order chi connectivity index (χ1) is 9.99. The first-order valence-corrected chi connectivity index (χ1v) is 6.65. The summed E-state index contributed by atoms with van der Waals surface area (Å²) in [6, 6.07) is 8.44. The molecule has 0 aliphatic carbocycles. The van der Waals surface area contributed by atoms with Crippen LogP contribution in [0.5, 0.6) is 11.6 Å². The van der Waals surface area contributed by atoms with Crippen molar-refractivity contribution in [3.63, 3.8) is 0 Å². The highest BCUT2D eigenvalue weighted by Gasteiger charge is 2.13. The lowest BCUT2D eigenvalue weighted by atomic mass is 10.1. The van der Waals surface area contributed by atoms with E-state index in [4.69, 9.17) is 4.74 Å². The Morgan fingerprint density at radius 2 is 2.05 bits per heavy atom. The smallest absolute Gasteiger partial charge is 0.278 e. The molecule has 0 atom stereocenters. The number of pyridine rings is 1. The van der Waals surface area contributed by atoms with Gasteiger partial charge in [0.05, 0.1) is 17.1 Å². The Bertz CT molecular complexity index is 671. The van der Waals surface area contributed by atoms with Gasteiger partial charge in [-0.05, 0) is 32.4 Å². The second kappa shape index (κ2) is 6.21. The Labute approximate surface area is 122 Å². The van der Waals surface area contributed by atoms with Crippen molar-refractivity contribution in [1.82, 2.24) is 4.98 Å². The fourth-order valence-electron chi connectivity index (χ4n) is 1.95. The van der Waals surface area contributed by atoms with Gasteiger partial charge in [0, 0.05) is 6.54 Å².